The van der Waals surface area contributed by atoms with Gasteiger partial charge in [-0.05, 0) is 13.0 Å². The highest BCUT2D eigenvalue weighted by Crippen LogP contribution is 2.12. The number of aldehydes is 1. The summed E-state index contributed by atoms with van der Waals surface area (Å²) in [4.78, 5) is 33.7. The van der Waals surface area contributed by atoms with Gasteiger partial charge in [0.1, 0.15) is 12.3 Å². The van der Waals surface area contributed by atoms with Crippen LogP contribution < -0.4 is 16.0 Å². The van der Waals surface area contributed by atoms with Crippen LogP contribution in [0.15, 0.2) is 0 Å². The van der Waals surface area contributed by atoms with Gasteiger partial charge in [-0.15, -0.1) is 0 Å². The van der Waals surface area contributed by atoms with Gasteiger partial charge in [0.05, 0.1) is 19.7 Å². The van der Waals surface area contributed by atoms with Crippen LogP contribution in [0.5, 0.6) is 0 Å². The first-order valence-corrected chi connectivity index (χ1v) is 12.0. The molecule has 0 aliphatic carbocycles. The van der Waals surface area contributed by atoms with E-state index < -0.39 is 18.6 Å². The van der Waals surface area contributed by atoms with Crippen LogP contribution in [0.2, 0.25) is 0 Å². The first kappa shape index (κ1) is 28.5. The van der Waals surface area contributed by atoms with Crippen molar-refractivity contribution >= 4 is 18.1 Å². The third-order valence-corrected chi connectivity index (χ3v) is 5.19. The minimum atomic E-state index is -1.03. The van der Waals surface area contributed by atoms with Gasteiger partial charge in [0.2, 0.25) is 11.8 Å². The second-order valence-corrected chi connectivity index (χ2v) is 7.99. The molecule has 0 radical (unpaired) electrons. The van der Waals surface area contributed by atoms with E-state index in [1.807, 2.05) is 0 Å². The fraction of sp³-hybridized carbons (Fsp3) is 0.870. The van der Waals surface area contributed by atoms with E-state index in [9.17, 15) is 19.5 Å². The smallest absolute Gasteiger partial charge is 0.245 e. The third kappa shape index (κ3) is 18.6. The number of hydrogen-bond acceptors (Lipinski definition) is 5. The van der Waals surface area contributed by atoms with Gasteiger partial charge in [-0.1, -0.05) is 90.4 Å². The maximum atomic E-state index is 11.8. The molecule has 0 aromatic carbocycles. The van der Waals surface area contributed by atoms with Crippen molar-refractivity contribution in [2.75, 3.05) is 26.2 Å². The lowest BCUT2D eigenvalue weighted by molar-refractivity contribution is -0.130. The Morgan fingerprint density at radius 2 is 1.33 bits per heavy atom. The van der Waals surface area contributed by atoms with E-state index in [4.69, 9.17) is 0 Å². The van der Waals surface area contributed by atoms with Crippen LogP contribution in [0.1, 0.15) is 96.8 Å². The summed E-state index contributed by atoms with van der Waals surface area (Å²) >= 11 is 0. The molecule has 0 bridgehead atoms. The Hall–Kier alpha value is -1.47. The van der Waals surface area contributed by atoms with Crippen molar-refractivity contribution in [3.63, 3.8) is 0 Å². The number of amides is 2. The van der Waals surface area contributed by atoms with Gasteiger partial charge in [-0.2, -0.15) is 0 Å². The summed E-state index contributed by atoms with van der Waals surface area (Å²) < 4.78 is 0. The molecule has 0 aliphatic rings. The molecule has 7 heteroatoms. The van der Waals surface area contributed by atoms with Gasteiger partial charge in [-0.25, -0.2) is 0 Å². The lowest BCUT2D eigenvalue weighted by atomic mass is 10.0. The Morgan fingerprint density at radius 1 is 0.833 bits per heavy atom. The molecule has 0 aromatic heterocycles. The molecule has 176 valence electrons. The van der Waals surface area contributed by atoms with Crippen LogP contribution in [0.25, 0.3) is 0 Å². The molecule has 0 aromatic rings. The number of aliphatic hydroxyl groups is 1. The maximum absolute atomic E-state index is 11.8. The zero-order chi connectivity index (χ0) is 22.3. The number of aliphatic hydroxyl groups excluding tert-OH is 1. The van der Waals surface area contributed by atoms with Gasteiger partial charge in [0.15, 0.2) is 0 Å². The Bertz CT molecular complexity index is 433. The highest BCUT2D eigenvalue weighted by atomic mass is 16.3. The summed E-state index contributed by atoms with van der Waals surface area (Å²) in [5.74, 6) is -0.911. The SMILES string of the molecule is CCCCCCCCCCCCCCCCNCC(=O)N[C@@H](CO)C(=O)NCC=O. The minimum Gasteiger partial charge on any atom is -0.394 e. The average Bonchev–Trinajstić information content (AvgIpc) is 2.75. The third-order valence-electron chi connectivity index (χ3n) is 5.19. The Balaban J connectivity index is 3.41. The Morgan fingerprint density at radius 3 is 1.80 bits per heavy atom. The lowest BCUT2D eigenvalue weighted by Gasteiger charge is -2.15. The summed E-state index contributed by atoms with van der Waals surface area (Å²) in [6, 6.07) is -1.03. The number of carbonyl (C=O) groups is 3. The molecule has 4 N–H and O–H groups in total. The van der Waals surface area contributed by atoms with E-state index in [0.29, 0.717) is 6.29 Å². The van der Waals surface area contributed by atoms with E-state index in [2.05, 4.69) is 22.9 Å². The summed E-state index contributed by atoms with van der Waals surface area (Å²) in [5.41, 5.74) is 0. The fourth-order valence-corrected chi connectivity index (χ4v) is 3.35. The summed E-state index contributed by atoms with van der Waals surface area (Å²) in [5, 5.41) is 17.0. The molecule has 0 spiro atoms. The molecule has 0 saturated carbocycles. The van der Waals surface area contributed by atoms with E-state index >= 15 is 0 Å². The zero-order valence-corrected chi connectivity index (χ0v) is 19.1. The molecule has 2 amide bonds. The van der Waals surface area contributed by atoms with Crippen molar-refractivity contribution < 1.29 is 19.5 Å². The molecule has 30 heavy (non-hydrogen) atoms. The normalized spacial score (nSPS) is 11.8. The second kappa shape index (κ2) is 22.2. The number of carbonyl (C=O) groups excluding carboxylic acids is 3. The number of unbranched alkanes of at least 4 members (excludes halogenated alkanes) is 13. The lowest BCUT2D eigenvalue weighted by Crippen LogP contribution is -2.51. The topological polar surface area (TPSA) is 108 Å². The molecule has 0 rings (SSSR count). The molecule has 0 heterocycles. The van der Waals surface area contributed by atoms with E-state index in [0.717, 1.165) is 19.4 Å². The van der Waals surface area contributed by atoms with Gasteiger partial charge >= 0.3 is 0 Å². The molecular formula is C23H45N3O4. The summed E-state index contributed by atoms with van der Waals surface area (Å²) in [7, 11) is 0. The molecule has 7 nitrogen and oxygen atoms in total. The van der Waals surface area contributed by atoms with E-state index in [1.165, 1.54) is 77.0 Å². The zero-order valence-electron chi connectivity index (χ0n) is 19.1. The molecular weight excluding hydrogens is 382 g/mol. The van der Waals surface area contributed by atoms with Crippen LogP contribution in [0.4, 0.5) is 0 Å². The first-order chi connectivity index (χ1) is 14.7. The number of hydrogen-bond donors (Lipinski definition) is 4. The maximum Gasteiger partial charge on any atom is 0.245 e. The van der Waals surface area contributed by atoms with Crippen LogP contribution in [-0.2, 0) is 14.4 Å². The monoisotopic (exact) mass is 427 g/mol. The predicted molar refractivity (Wildman–Crippen MR) is 121 cm³/mol. The van der Waals surface area contributed by atoms with Crippen molar-refractivity contribution in [1.29, 1.82) is 0 Å². The molecule has 0 fully saturated rings. The largest absolute Gasteiger partial charge is 0.394 e. The van der Waals surface area contributed by atoms with Crippen LogP contribution in [-0.4, -0.2) is 55.5 Å². The van der Waals surface area contributed by atoms with E-state index in [-0.39, 0.29) is 19.0 Å². The van der Waals surface area contributed by atoms with Crippen LogP contribution >= 0.6 is 0 Å². The highest BCUT2D eigenvalue weighted by Gasteiger charge is 2.18. The molecule has 0 saturated heterocycles. The van der Waals surface area contributed by atoms with Crippen molar-refractivity contribution in [2.24, 2.45) is 0 Å². The van der Waals surface area contributed by atoms with Gasteiger partial charge in [0.25, 0.3) is 0 Å². The summed E-state index contributed by atoms with van der Waals surface area (Å²) in [6.07, 6.45) is 19.0. The number of nitrogens with one attached hydrogen (secondary N) is 3. The van der Waals surface area contributed by atoms with Gasteiger partial charge in [-0.3, -0.25) is 9.59 Å². The molecule has 0 unspecified atom stereocenters. The van der Waals surface area contributed by atoms with E-state index in [1.54, 1.807) is 0 Å². The van der Waals surface area contributed by atoms with Crippen LogP contribution in [0.3, 0.4) is 0 Å². The minimum absolute atomic E-state index is 0.107. The highest BCUT2D eigenvalue weighted by molar-refractivity contribution is 5.89. The second-order valence-electron chi connectivity index (χ2n) is 7.99. The first-order valence-electron chi connectivity index (χ1n) is 12.0. The Kier molecular flexibility index (Phi) is 21.1. The standard InChI is InChI=1S/C23H45N3O4/c1-2-3-4-5-6-7-8-9-10-11-12-13-14-15-16-24-19-22(29)26-21(20-28)23(30)25-17-18-27/h18,21,24,28H,2-17,19-20H2,1H3,(H,25,30)(H,26,29)/t21-/m0/s1. The average molecular weight is 428 g/mol. The van der Waals surface area contributed by atoms with Gasteiger partial charge < -0.3 is 25.9 Å². The fourth-order valence-electron chi connectivity index (χ4n) is 3.35. The van der Waals surface area contributed by atoms with Crippen molar-refractivity contribution in [1.82, 2.24) is 16.0 Å². The predicted octanol–water partition coefficient (Wildman–Crippen LogP) is 2.85. The van der Waals surface area contributed by atoms with Crippen molar-refractivity contribution in [2.45, 2.75) is 103 Å². The summed E-state index contributed by atoms with van der Waals surface area (Å²) in [6.45, 7) is 2.48. The molecule has 1 atom stereocenters. The quantitative estimate of drug-likeness (QED) is 0.157. The Labute approximate surface area is 183 Å². The number of rotatable bonds is 22. The van der Waals surface area contributed by atoms with Crippen molar-refractivity contribution in [3.05, 3.63) is 0 Å². The molecule has 0 aliphatic heterocycles. The van der Waals surface area contributed by atoms with Gasteiger partial charge in [0, 0.05) is 0 Å². The van der Waals surface area contributed by atoms with Crippen LogP contribution in [0, 0.1) is 0 Å². The van der Waals surface area contributed by atoms with Crippen molar-refractivity contribution in [3.8, 4) is 0 Å².